The number of hydrogen-bond acceptors (Lipinski definition) is 7. The van der Waals surface area contributed by atoms with Crippen molar-refractivity contribution in [3.8, 4) is 0 Å². The van der Waals surface area contributed by atoms with Gasteiger partial charge in [-0.15, -0.1) is 0 Å². The molecule has 0 aromatic carbocycles. The average Bonchev–Trinajstić information content (AvgIpc) is 3.34. The number of anilines is 1. The van der Waals surface area contributed by atoms with Gasteiger partial charge in [-0.2, -0.15) is 4.72 Å². The van der Waals surface area contributed by atoms with Gasteiger partial charge in [-0.1, -0.05) is 19.9 Å². The number of furan rings is 1. The first-order valence-corrected chi connectivity index (χ1v) is 12.7. The highest BCUT2D eigenvalue weighted by Crippen LogP contribution is 2.12. The number of allylic oxidation sites excluding steroid dienone is 1. The van der Waals surface area contributed by atoms with Crippen LogP contribution >= 0.6 is 0 Å². The topological polar surface area (TPSA) is 177 Å². The van der Waals surface area contributed by atoms with Crippen LogP contribution in [-0.4, -0.2) is 48.5 Å². The minimum Gasteiger partial charge on any atom is -0.478 e. The first kappa shape index (κ1) is 28.5. The molecule has 12 nitrogen and oxygen atoms in total. The summed E-state index contributed by atoms with van der Waals surface area (Å²) in [6, 6.07) is 2.66. The fourth-order valence-corrected chi connectivity index (χ4v) is 4.19. The second-order valence-corrected chi connectivity index (χ2v) is 10.0. The SMILES string of the molecule is CC(C)CCNC(=O)Cn1cccc(NC(=O)C(CC/C=C/C(=O)O)NS(=O)(=O)c2ccoc2)c1=O. The average molecular weight is 523 g/mol. The van der Waals surface area contributed by atoms with E-state index in [2.05, 4.69) is 15.4 Å². The number of rotatable bonds is 14. The molecular weight excluding hydrogens is 492 g/mol. The molecule has 0 aliphatic heterocycles. The van der Waals surface area contributed by atoms with E-state index >= 15 is 0 Å². The number of nitrogens with one attached hydrogen (secondary N) is 3. The molecular formula is C23H30N4O8S. The van der Waals surface area contributed by atoms with Crippen LogP contribution in [0.25, 0.3) is 0 Å². The lowest BCUT2D eigenvalue weighted by atomic mass is 10.1. The van der Waals surface area contributed by atoms with E-state index in [0.717, 1.165) is 29.6 Å². The van der Waals surface area contributed by atoms with Gasteiger partial charge in [0.05, 0.1) is 6.26 Å². The molecule has 0 fully saturated rings. The summed E-state index contributed by atoms with van der Waals surface area (Å²) in [5.74, 6) is -1.97. The number of carbonyl (C=O) groups excluding carboxylic acids is 2. The third kappa shape index (κ3) is 9.15. The zero-order valence-corrected chi connectivity index (χ0v) is 20.8. The van der Waals surface area contributed by atoms with Gasteiger partial charge in [-0.3, -0.25) is 14.4 Å². The standard InChI is InChI=1S/C23H30N4O8S/c1-16(2)9-11-24-20(28)14-27-12-5-7-19(23(27)32)25-22(31)18(6-3-4-8-21(29)30)26-36(33,34)17-10-13-35-15-17/h4-5,7-8,10,12-13,15-16,18,26H,3,6,9,11,14H2,1-2H3,(H,24,28)(H,25,31)(H,29,30)/b8-4+. The Morgan fingerprint density at radius 2 is 1.94 bits per heavy atom. The van der Waals surface area contributed by atoms with Gasteiger partial charge in [0.25, 0.3) is 5.56 Å². The first-order chi connectivity index (χ1) is 17.0. The molecule has 0 radical (unpaired) electrons. The van der Waals surface area contributed by atoms with Crippen LogP contribution < -0.4 is 20.9 Å². The van der Waals surface area contributed by atoms with Crippen molar-refractivity contribution in [3.63, 3.8) is 0 Å². The molecule has 0 aliphatic carbocycles. The Kier molecular flexibility index (Phi) is 10.6. The molecule has 2 rings (SSSR count). The molecule has 196 valence electrons. The summed E-state index contributed by atoms with van der Waals surface area (Å²) in [7, 11) is -4.14. The Labute approximate surface area is 208 Å². The predicted octanol–water partition coefficient (Wildman–Crippen LogP) is 1.31. The van der Waals surface area contributed by atoms with E-state index in [1.54, 1.807) is 0 Å². The van der Waals surface area contributed by atoms with Crippen molar-refractivity contribution in [2.24, 2.45) is 5.92 Å². The summed E-state index contributed by atoms with van der Waals surface area (Å²) in [4.78, 5) is 48.4. The van der Waals surface area contributed by atoms with Crippen LogP contribution in [-0.2, 0) is 31.0 Å². The lowest BCUT2D eigenvalue weighted by Gasteiger charge is -2.18. The monoisotopic (exact) mass is 522 g/mol. The Bertz CT molecular complexity index is 1230. The number of carboxylic acids is 1. The Balaban J connectivity index is 2.16. The molecule has 2 aromatic rings. The smallest absolute Gasteiger partial charge is 0.327 e. The molecule has 0 bridgehead atoms. The van der Waals surface area contributed by atoms with E-state index in [0.29, 0.717) is 12.5 Å². The van der Waals surface area contributed by atoms with Crippen LogP contribution in [0, 0.1) is 5.92 Å². The largest absolute Gasteiger partial charge is 0.478 e. The van der Waals surface area contributed by atoms with Gasteiger partial charge in [0.1, 0.15) is 29.4 Å². The lowest BCUT2D eigenvalue weighted by molar-refractivity contribution is -0.131. The van der Waals surface area contributed by atoms with E-state index in [4.69, 9.17) is 9.52 Å². The zero-order chi connectivity index (χ0) is 26.7. The molecule has 0 aliphatic rings. The van der Waals surface area contributed by atoms with Gasteiger partial charge in [0.2, 0.25) is 21.8 Å². The molecule has 13 heteroatoms. The highest BCUT2D eigenvalue weighted by Gasteiger charge is 2.26. The fraction of sp³-hybridized carbons (Fsp3) is 0.391. The van der Waals surface area contributed by atoms with Crippen molar-refractivity contribution in [2.45, 2.75) is 50.6 Å². The second-order valence-electron chi connectivity index (χ2n) is 8.33. The maximum atomic E-state index is 12.9. The fourth-order valence-electron chi connectivity index (χ4n) is 3.04. The zero-order valence-electron chi connectivity index (χ0n) is 20.0. The Morgan fingerprint density at radius 3 is 2.58 bits per heavy atom. The van der Waals surface area contributed by atoms with E-state index < -0.39 is 33.5 Å². The molecule has 2 heterocycles. The van der Waals surface area contributed by atoms with Gasteiger partial charge < -0.3 is 24.7 Å². The number of pyridine rings is 1. The number of sulfonamides is 1. The van der Waals surface area contributed by atoms with Gasteiger partial charge in [0, 0.05) is 18.8 Å². The molecule has 4 N–H and O–H groups in total. The number of carboxylic acid groups (broad SMARTS) is 1. The normalized spacial score (nSPS) is 12.5. The van der Waals surface area contributed by atoms with Crippen LogP contribution in [0.5, 0.6) is 0 Å². The molecule has 0 saturated heterocycles. The lowest BCUT2D eigenvalue weighted by Crippen LogP contribution is -2.44. The summed E-state index contributed by atoms with van der Waals surface area (Å²) < 4.78 is 33.4. The van der Waals surface area contributed by atoms with E-state index in [1.165, 1.54) is 30.5 Å². The molecule has 1 unspecified atom stereocenters. The minimum absolute atomic E-state index is 0.0634. The van der Waals surface area contributed by atoms with Crippen molar-refractivity contribution < 1.29 is 32.3 Å². The van der Waals surface area contributed by atoms with Crippen LogP contribution in [0.4, 0.5) is 5.69 Å². The molecule has 0 saturated carbocycles. The maximum absolute atomic E-state index is 12.9. The summed E-state index contributed by atoms with van der Waals surface area (Å²) in [6.07, 6.45) is 6.46. The number of amides is 2. The van der Waals surface area contributed by atoms with E-state index in [1.807, 2.05) is 13.8 Å². The van der Waals surface area contributed by atoms with Gasteiger partial charge >= 0.3 is 5.97 Å². The number of carbonyl (C=O) groups is 3. The highest BCUT2D eigenvalue weighted by atomic mass is 32.2. The van der Waals surface area contributed by atoms with Crippen molar-refractivity contribution in [1.82, 2.24) is 14.6 Å². The number of aliphatic carboxylic acids is 1. The van der Waals surface area contributed by atoms with Crippen LogP contribution in [0.2, 0.25) is 0 Å². The predicted molar refractivity (Wildman–Crippen MR) is 131 cm³/mol. The number of aromatic nitrogens is 1. The van der Waals surface area contributed by atoms with Crippen LogP contribution in [0.3, 0.4) is 0 Å². The van der Waals surface area contributed by atoms with E-state index in [9.17, 15) is 27.6 Å². The third-order valence-corrected chi connectivity index (χ3v) is 6.39. The maximum Gasteiger partial charge on any atom is 0.327 e. The van der Waals surface area contributed by atoms with Gasteiger partial charge in [-0.25, -0.2) is 13.2 Å². The minimum atomic E-state index is -4.14. The highest BCUT2D eigenvalue weighted by molar-refractivity contribution is 7.89. The number of nitrogens with zero attached hydrogens (tertiary/aromatic N) is 1. The summed E-state index contributed by atoms with van der Waals surface area (Å²) >= 11 is 0. The van der Waals surface area contributed by atoms with Crippen LogP contribution in [0.1, 0.15) is 33.1 Å². The molecule has 0 spiro atoms. The van der Waals surface area contributed by atoms with Gasteiger partial charge in [-0.05, 0) is 43.4 Å². The van der Waals surface area contributed by atoms with E-state index in [-0.39, 0.29) is 35.9 Å². The Hall–Kier alpha value is -3.71. The van der Waals surface area contributed by atoms with Crippen molar-refractivity contribution in [3.05, 3.63) is 59.4 Å². The molecule has 36 heavy (non-hydrogen) atoms. The van der Waals surface area contributed by atoms with Crippen molar-refractivity contribution in [1.29, 1.82) is 0 Å². The summed E-state index contributed by atoms with van der Waals surface area (Å²) in [6.45, 7) is 4.26. The Morgan fingerprint density at radius 1 is 1.19 bits per heavy atom. The quantitative estimate of drug-likeness (QED) is 0.268. The molecule has 2 amide bonds. The van der Waals surface area contributed by atoms with Gasteiger partial charge in [0.15, 0.2) is 0 Å². The third-order valence-electron chi connectivity index (χ3n) is 4.94. The van der Waals surface area contributed by atoms with Crippen LogP contribution in [0.15, 0.2) is 63.2 Å². The second kappa shape index (κ2) is 13.4. The number of hydrogen-bond donors (Lipinski definition) is 4. The molecule has 1 atom stereocenters. The van der Waals surface area contributed by atoms with Crippen molar-refractivity contribution in [2.75, 3.05) is 11.9 Å². The summed E-state index contributed by atoms with van der Waals surface area (Å²) in [5.41, 5.74) is -0.793. The summed E-state index contributed by atoms with van der Waals surface area (Å²) in [5, 5.41) is 13.9. The van der Waals surface area contributed by atoms with Crippen molar-refractivity contribution >= 4 is 33.5 Å². The molecule has 2 aromatic heterocycles. The first-order valence-electron chi connectivity index (χ1n) is 11.2.